The second-order valence-corrected chi connectivity index (χ2v) is 11.5. The van der Waals surface area contributed by atoms with E-state index in [1.807, 2.05) is 13.8 Å². The Morgan fingerprint density at radius 2 is 1.84 bits per heavy atom. The summed E-state index contributed by atoms with van der Waals surface area (Å²) >= 11 is 0. The van der Waals surface area contributed by atoms with Crippen LogP contribution in [0.2, 0.25) is 0 Å². The molecule has 0 aromatic heterocycles. The van der Waals surface area contributed by atoms with Gasteiger partial charge in [0.25, 0.3) is 0 Å². The van der Waals surface area contributed by atoms with E-state index in [4.69, 9.17) is 4.74 Å². The molecule has 0 spiro atoms. The van der Waals surface area contributed by atoms with Crippen LogP contribution in [0.5, 0.6) is 0 Å². The molecule has 5 rings (SSSR count). The number of ketones is 2. The number of Topliss-reactive ketones (excluding diaryl/α,β-unsaturated/α-hetero) is 1. The van der Waals surface area contributed by atoms with E-state index in [-0.39, 0.29) is 35.7 Å². The van der Waals surface area contributed by atoms with E-state index in [0.29, 0.717) is 39.0 Å². The average Bonchev–Trinajstić information content (AvgIpc) is 3.03. The summed E-state index contributed by atoms with van der Waals surface area (Å²) in [6.45, 7) is 7.29. The summed E-state index contributed by atoms with van der Waals surface area (Å²) < 4.78 is 5.40. The molecule has 0 aromatic rings. The zero-order valence-corrected chi connectivity index (χ0v) is 19.3. The van der Waals surface area contributed by atoms with Gasteiger partial charge in [-0.05, 0) is 61.5 Å². The van der Waals surface area contributed by atoms with Crippen LogP contribution < -0.4 is 0 Å². The van der Waals surface area contributed by atoms with Crippen molar-refractivity contribution >= 4 is 11.6 Å². The molecular weight excluding hydrogens is 410 g/mol. The van der Waals surface area contributed by atoms with E-state index in [0.717, 1.165) is 31.5 Å². The fraction of sp³-hybridized carbons (Fsp3) is 0.840. The lowest BCUT2D eigenvalue weighted by atomic mass is 9.46. The highest BCUT2D eigenvalue weighted by Gasteiger charge is 2.67. The van der Waals surface area contributed by atoms with Crippen LogP contribution in [0.1, 0.15) is 52.4 Å². The molecule has 0 radical (unpaired) electrons. The first-order chi connectivity index (χ1) is 15.1. The van der Waals surface area contributed by atoms with E-state index in [2.05, 4.69) is 4.90 Å². The molecule has 178 valence electrons. The van der Waals surface area contributed by atoms with Gasteiger partial charge in [-0.2, -0.15) is 0 Å². The molecule has 1 saturated heterocycles. The number of carbonyl (C=O) groups excluding carboxylic acids is 2. The highest BCUT2D eigenvalue weighted by Crippen LogP contribution is 2.67. The summed E-state index contributed by atoms with van der Waals surface area (Å²) in [6, 6.07) is 0. The van der Waals surface area contributed by atoms with Gasteiger partial charge in [-0.25, -0.2) is 0 Å². The number of fused-ring (bicyclic) bond motifs is 5. The predicted octanol–water partition coefficient (Wildman–Crippen LogP) is 1.09. The van der Waals surface area contributed by atoms with Gasteiger partial charge in [0.05, 0.1) is 37.6 Å². The Morgan fingerprint density at radius 3 is 2.56 bits per heavy atom. The Kier molecular flexibility index (Phi) is 5.45. The normalized spacial score (nSPS) is 49.1. The largest absolute Gasteiger partial charge is 0.390 e. The van der Waals surface area contributed by atoms with Crippen LogP contribution in [0, 0.1) is 28.6 Å². The highest BCUT2D eigenvalue weighted by molar-refractivity contribution is 5.95. The second-order valence-electron chi connectivity index (χ2n) is 11.5. The van der Waals surface area contributed by atoms with E-state index in [1.165, 1.54) is 0 Å². The van der Waals surface area contributed by atoms with Crippen molar-refractivity contribution in [3.05, 3.63) is 11.6 Å². The minimum absolute atomic E-state index is 0.0153. The third-order valence-electron chi connectivity index (χ3n) is 9.99. The van der Waals surface area contributed by atoms with Gasteiger partial charge >= 0.3 is 0 Å². The number of hydrogen-bond acceptors (Lipinski definition) is 7. The number of allylic oxidation sites excluding steroid dienone is 1. The molecule has 4 fully saturated rings. The quantitative estimate of drug-likeness (QED) is 0.595. The van der Waals surface area contributed by atoms with Crippen LogP contribution >= 0.6 is 0 Å². The van der Waals surface area contributed by atoms with Crippen LogP contribution in [0.25, 0.3) is 0 Å². The first-order valence-electron chi connectivity index (χ1n) is 12.3. The van der Waals surface area contributed by atoms with Crippen molar-refractivity contribution in [2.75, 3.05) is 32.8 Å². The Hall–Kier alpha value is -1.12. The third-order valence-corrected chi connectivity index (χ3v) is 9.99. The first-order valence-corrected chi connectivity index (χ1v) is 12.3. The van der Waals surface area contributed by atoms with Crippen LogP contribution in [-0.4, -0.2) is 82.4 Å². The molecule has 32 heavy (non-hydrogen) atoms. The van der Waals surface area contributed by atoms with Crippen molar-refractivity contribution in [3.8, 4) is 0 Å². The van der Waals surface area contributed by atoms with Gasteiger partial charge in [-0.3, -0.25) is 14.5 Å². The van der Waals surface area contributed by atoms with Crippen molar-refractivity contribution in [2.24, 2.45) is 28.6 Å². The lowest BCUT2D eigenvalue weighted by Gasteiger charge is -2.59. The maximum Gasteiger partial charge on any atom is 0.159 e. The summed E-state index contributed by atoms with van der Waals surface area (Å²) in [5, 5.41) is 32.7. The molecule has 7 heteroatoms. The molecule has 3 N–H and O–H groups in total. The van der Waals surface area contributed by atoms with E-state index >= 15 is 0 Å². The lowest BCUT2D eigenvalue weighted by Crippen LogP contribution is -2.61. The number of aliphatic hydroxyl groups is 3. The predicted molar refractivity (Wildman–Crippen MR) is 117 cm³/mol. The van der Waals surface area contributed by atoms with Gasteiger partial charge in [0.1, 0.15) is 0 Å². The first kappa shape index (κ1) is 22.7. The van der Waals surface area contributed by atoms with Gasteiger partial charge in [-0.1, -0.05) is 13.8 Å². The van der Waals surface area contributed by atoms with E-state index in [9.17, 15) is 24.9 Å². The zero-order valence-electron chi connectivity index (χ0n) is 19.3. The number of rotatable bonds is 3. The van der Waals surface area contributed by atoms with Gasteiger partial charge in [0.15, 0.2) is 11.6 Å². The molecule has 1 unspecified atom stereocenters. The van der Waals surface area contributed by atoms with Crippen molar-refractivity contribution in [1.29, 1.82) is 0 Å². The molecule has 0 amide bonds. The van der Waals surface area contributed by atoms with Gasteiger partial charge < -0.3 is 20.1 Å². The molecule has 0 bridgehead atoms. The third kappa shape index (κ3) is 3.12. The molecule has 4 aliphatic carbocycles. The monoisotopic (exact) mass is 447 g/mol. The smallest absolute Gasteiger partial charge is 0.159 e. The molecule has 1 aliphatic heterocycles. The van der Waals surface area contributed by atoms with Crippen molar-refractivity contribution in [2.45, 2.75) is 70.2 Å². The summed E-state index contributed by atoms with van der Waals surface area (Å²) in [5.74, 6) is -0.435. The fourth-order valence-corrected chi connectivity index (χ4v) is 7.98. The molecule has 5 aliphatic rings. The van der Waals surface area contributed by atoms with Crippen LogP contribution in [-0.2, 0) is 14.3 Å². The summed E-state index contributed by atoms with van der Waals surface area (Å²) in [5.41, 5.74) is -1.46. The summed E-state index contributed by atoms with van der Waals surface area (Å²) in [6.07, 6.45) is 3.19. The number of hydrogen-bond donors (Lipinski definition) is 3. The Morgan fingerprint density at radius 1 is 1.12 bits per heavy atom. The maximum absolute atomic E-state index is 13.4. The van der Waals surface area contributed by atoms with Crippen LogP contribution in [0.4, 0.5) is 0 Å². The van der Waals surface area contributed by atoms with Crippen molar-refractivity contribution in [3.63, 3.8) is 0 Å². The minimum atomic E-state index is -1.17. The average molecular weight is 448 g/mol. The van der Waals surface area contributed by atoms with E-state index in [1.54, 1.807) is 6.08 Å². The SMILES string of the molecule is C[C@]12C[C@H](O)[C@H](O)C[C@H]1C(=O)C=C1C2CC[C@]2(C)[C@@H](C(=O)CN3CCOCC3)CC[C@@]12O. The number of aliphatic hydroxyl groups excluding tert-OH is 2. The maximum atomic E-state index is 13.4. The molecule has 8 atom stereocenters. The fourth-order valence-electron chi connectivity index (χ4n) is 7.98. The van der Waals surface area contributed by atoms with Gasteiger partial charge in [0, 0.05) is 30.3 Å². The molecule has 0 aromatic carbocycles. The van der Waals surface area contributed by atoms with Crippen molar-refractivity contribution < 1.29 is 29.6 Å². The van der Waals surface area contributed by atoms with Crippen LogP contribution in [0.15, 0.2) is 11.6 Å². The van der Waals surface area contributed by atoms with Crippen LogP contribution in [0.3, 0.4) is 0 Å². The number of nitrogens with zero attached hydrogens (tertiary/aromatic N) is 1. The number of ether oxygens (including phenoxy) is 1. The zero-order chi connectivity index (χ0) is 22.9. The van der Waals surface area contributed by atoms with Gasteiger partial charge in [-0.15, -0.1) is 0 Å². The van der Waals surface area contributed by atoms with E-state index < -0.39 is 28.6 Å². The molecule has 1 heterocycles. The molecule has 3 saturated carbocycles. The Labute approximate surface area is 189 Å². The Bertz CT molecular complexity index is 836. The lowest BCUT2D eigenvalue weighted by molar-refractivity contribution is -0.154. The molecular formula is C25H37NO6. The number of carbonyl (C=O) groups is 2. The number of morpholine rings is 1. The standard InChI is InChI=1S/C25H37NO6/c1-23-13-21(29)20(28)12-18(23)19(27)11-17-15(23)3-5-24(2)16(4-6-25(17,24)31)22(30)14-26-7-9-32-10-8-26/h11,15-16,18,20-21,28-29,31H,3-10,12-14H2,1-2H3/t15?,16-,18+,20-,21+,23-,24-,25-/m1/s1. The molecule has 7 nitrogen and oxygen atoms in total. The minimum Gasteiger partial charge on any atom is -0.390 e. The Balaban J connectivity index is 1.44. The summed E-state index contributed by atoms with van der Waals surface area (Å²) in [4.78, 5) is 28.7. The second kappa shape index (κ2) is 7.70. The topological polar surface area (TPSA) is 107 Å². The van der Waals surface area contributed by atoms with Crippen molar-refractivity contribution in [1.82, 2.24) is 4.90 Å². The van der Waals surface area contributed by atoms with Gasteiger partial charge in [0.2, 0.25) is 0 Å². The highest BCUT2D eigenvalue weighted by atomic mass is 16.5. The summed E-state index contributed by atoms with van der Waals surface area (Å²) in [7, 11) is 0.